The van der Waals surface area contributed by atoms with Gasteiger partial charge in [-0.2, -0.15) is 8.42 Å². The summed E-state index contributed by atoms with van der Waals surface area (Å²) < 4.78 is 25.2. The smallest absolute Gasteiger partial charge is 0.316 e. The Morgan fingerprint density at radius 1 is 1.35 bits per heavy atom. The highest BCUT2D eigenvalue weighted by Crippen LogP contribution is 2.21. The van der Waals surface area contributed by atoms with Crippen LogP contribution in [-0.4, -0.2) is 37.4 Å². The molecule has 0 saturated carbocycles. The largest absolute Gasteiger partial charge is 0.365 e. The number of carbonyl (C=O) groups excluding carboxylic acids is 1. The summed E-state index contributed by atoms with van der Waals surface area (Å²) in [6.07, 6.45) is 4.29. The van der Waals surface area contributed by atoms with Gasteiger partial charge in [0.1, 0.15) is 0 Å². The topological polar surface area (TPSA) is 78.8 Å². The highest BCUT2D eigenvalue weighted by molar-refractivity contribution is 7.80. The van der Waals surface area contributed by atoms with Crippen molar-refractivity contribution in [3.63, 3.8) is 0 Å². The number of carbonyl (C=O) groups is 1. The van der Waals surface area contributed by atoms with E-state index in [4.69, 9.17) is 12.2 Å². The summed E-state index contributed by atoms with van der Waals surface area (Å²) in [7, 11) is -0.826. The molecule has 0 spiro atoms. The summed E-state index contributed by atoms with van der Waals surface area (Å²) in [5, 5.41) is 3.29. The second-order valence-corrected chi connectivity index (χ2v) is 7.27. The van der Waals surface area contributed by atoms with Crippen molar-refractivity contribution in [3.8, 4) is 0 Å². The molecule has 0 saturated heterocycles. The van der Waals surface area contributed by atoms with E-state index in [9.17, 15) is 13.2 Å². The second-order valence-electron chi connectivity index (χ2n) is 6.27. The Labute approximate surface area is 162 Å². The number of unbranched alkanes of at least 4 members (excludes halogenated alkanes) is 2. The normalized spacial score (nSPS) is 11.5. The summed E-state index contributed by atoms with van der Waals surface area (Å²) in [6, 6.07) is 5.20. The first-order valence-electron chi connectivity index (χ1n) is 8.74. The van der Waals surface area contributed by atoms with E-state index in [1.165, 1.54) is 0 Å². The lowest BCUT2D eigenvalue weighted by Gasteiger charge is -2.29. The number of amides is 1. The van der Waals surface area contributed by atoms with Crippen LogP contribution in [0.1, 0.15) is 50.7 Å². The van der Waals surface area contributed by atoms with Crippen LogP contribution in [0.3, 0.4) is 0 Å². The van der Waals surface area contributed by atoms with Crippen molar-refractivity contribution in [2.45, 2.75) is 58.9 Å². The highest BCUT2D eigenvalue weighted by atomic mass is 32.2. The molecule has 8 heteroatoms. The average Bonchev–Trinajstić information content (AvgIpc) is 2.57. The van der Waals surface area contributed by atoms with Crippen LogP contribution < -0.4 is 5.32 Å². The first kappa shape index (κ1) is 22.2. The van der Waals surface area contributed by atoms with Gasteiger partial charge in [0.2, 0.25) is 5.91 Å². The predicted molar refractivity (Wildman–Crippen MR) is 108 cm³/mol. The first-order valence-corrected chi connectivity index (χ1v) is 10.2. The minimum atomic E-state index is -2.53. The lowest BCUT2D eigenvalue weighted by atomic mass is 10.1. The third-order valence-electron chi connectivity index (χ3n) is 4.17. The van der Waals surface area contributed by atoms with Gasteiger partial charge in [-0.05, 0) is 49.7 Å². The minimum Gasteiger partial charge on any atom is -0.365 e. The summed E-state index contributed by atoms with van der Waals surface area (Å²) in [5.41, 5.74) is 1.79. The molecular weight excluding hydrogens is 370 g/mol. The third kappa shape index (κ3) is 6.84. The van der Waals surface area contributed by atoms with Crippen LogP contribution in [-0.2, 0) is 21.7 Å². The van der Waals surface area contributed by atoms with Crippen LogP contribution >= 0.6 is 12.2 Å². The van der Waals surface area contributed by atoms with Gasteiger partial charge in [0.15, 0.2) is 5.11 Å². The molecule has 1 aromatic carbocycles. The van der Waals surface area contributed by atoms with Crippen molar-refractivity contribution in [1.29, 1.82) is 0 Å². The van der Waals surface area contributed by atoms with Crippen LogP contribution in [0.4, 0.5) is 5.69 Å². The Hall–Kier alpha value is -1.80. The van der Waals surface area contributed by atoms with Gasteiger partial charge >= 0.3 is 10.5 Å². The van der Waals surface area contributed by atoms with E-state index in [0.29, 0.717) is 16.4 Å². The van der Waals surface area contributed by atoms with Crippen LogP contribution in [0, 0.1) is 6.92 Å². The molecule has 1 aromatic rings. The average molecular weight is 398 g/mol. The number of nitrogens with zero attached hydrogens (tertiary/aromatic N) is 2. The molecule has 0 aromatic heterocycles. The monoisotopic (exact) mass is 397 g/mol. The van der Waals surface area contributed by atoms with E-state index in [-0.39, 0.29) is 18.4 Å². The molecule has 0 aliphatic rings. The minimum absolute atomic E-state index is 0.00208. The quantitative estimate of drug-likeness (QED) is 0.536. The number of rotatable bonds is 8. The first-order chi connectivity index (χ1) is 12.3. The molecule has 1 amide bonds. The standard InChI is InChI=1S/C18H27N3O3S2/c1-5-6-7-8-14(3)21(18(25)19-4)17(22)12-15-10-9-13(2)16(11-15)20-26(23)24/h9-11,14H,5-8,12H2,1-4H3,(H,19,25). The molecule has 0 bridgehead atoms. The summed E-state index contributed by atoms with van der Waals surface area (Å²) in [6.45, 7) is 5.91. The Morgan fingerprint density at radius 2 is 2.04 bits per heavy atom. The summed E-state index contributed by atoms with van der Waals surface area (Å²) in [5.74, 6) is -0.119. The van der Waals surface area contributed by atoms with Crippen LogP contribution in [0.2, 0.25) is 0 Å². The summed E-state index contributed by atoms with van der Waals surface area (Å²) >= 11 is 5.32. The van der Waals surface area contributed by atoms with Crippen molar-refractivity contribution in [2.75, 3.05) is 7.05 Å². The lowest BCUT2D eigenvalue weighted by molar-refractivity contribution is -0.128. The van der Waals surface area contributed by atoms with Crippen molar-refractivity contribution >= 4 is 39.4 Å². The maximum Gasteiger partial charge on any atom is 0.316 e. The number of hydrogen-bond donors (Lipinski definition) is 1. The van der Waals surface area contributed by atoms with E-state index in [1.54, 1.807) is 31.0 Å². The fraction of sp³-hybridized carbons (Fsp3) is 0.556. The number of hydrogen-bond acceptors (Lipinski definition) is 5. The molecule has 0 fully saturated rings. The fourth-order valence-electron chi connectivity index (χ4n) is 2.70. The fourth-order valence-corrected chi connectivity index (χ4v) is 3.34. The van der Waals surface area contributed by atoms with E-state index in [0.717, 1.165) is 31.2 Å². The molecule has 0 heterocycles. The molecule has 1 rings (SSSR count). The van der Waals surface area contributed by atoms with Gasteiger partial charge in [-0.1, -0.05) is 38.3 Å². The zero-order chi connectivity index (χ0) is 19.7. The Kier molecular flexibility index (Phi) is 9.43. The second kappa shape index (κ2) is 11.0. The van der Waals surface area contributed by atoms with Crippen molar-refractivity contribution in [3.05, 3.63) is 29.3 Å². The number of nitrogens with one attached hydrogen (secondary N) is 1. The zero-order valence-corrected chi connectivity index (χ0v) is 17.4. The van der Waals surface area contributed by atoms with Gasteiger partial charge in [0.25, 0.3) is 0 Å². The van der Waals surface area contributed by atoms with E-state index < -0.39 is 10.5 Å². The van der Waals surface area contributed by atoms with Gasteiger partial charge in [-0.15, -0.1) is 4.36 Å². The highest BCUT2D eigenvalue weighted by Gasteiger charge is 2.23. The van der Waals surface area contributed by atoms with Gasteiger partial charge in [0.05, 0.1) is 12.1 Å². The molecule has 0 aliphatic carbocycles. The Bertz CT molecular complexity index is 768. The maximum absolute atomic E-state index is 12.9. The number of thiocarbonyl (C=S) groups is 1. The predicted octanol–water partition coefficient (Wildman–Crippen LogP) is 3.53. The van der Waals surface area contributed by atoms with E-state index >= 15 is 0 Å². The van der Waals surface area contributed by atoms with Crippen LogP contribution in [0.25, 0.3) is 0 Å². The molecule has 1 unspecified atom stereocenters. The SMILES string of the molecule is CCCCCC(C)N(C(=O)Cc1ccc(C)c(N=S(=O)=O)c1)C(=S)NC. The van der Waals surface area contributed by atoms with E-state index in [2.05, 4.69) is 16.6 Å². The van der Waals surface area contributed by atoms with Crippen LogP contribution in [0.5, 0.6) is 0 Å². The van der Waals surface area contributed by atoms with Gasteiger partial charge in [0, 0.05) is 13.1 Å². The third-order valence-corrected chi connectivity index (χ3v) is 4.92. The molecular formula is C18H27N3O3S2. The number of aryl methyl sites for hydroxylation is 1. The summed E-state index contributed by atoms with van der Waals surface area (Å²) in [4.78, 5) is 14.5. The Balaban J connectivity index is 2.99. The molecule has 6 nitrogen and oxygen atoms in total. The number of benzene rings is 1. The lowest BCUT2D eigenvalue weighted by Crippen LogP contribution is -2.48. The Morgan fingerprint density at radius 3 is 2.62 bits per heavy atom. The zero-order valence-electron chi connectivity index (χ0n) is 15.8. The molecule has 144 valence electrons. The molecule has 0 aliphatic heterocycles. The molecule has 1 N–H and O–H groups in total. The van der Waals surface area contributed by atoms with Crippen molar-refractivity contribution < 1.29 is 13.2 Å². The van der Waals surface area contributed by atoms with Crippen LogP contribution in [0.15, 0.2) is 22.6 Å². The van der Waals surface area contributed by atoms with E-state index in [1.807, 2.05) is 13.0 Å². The van der Waals surface area contributed by atoms with Gasteiger partial charge in [-0.3, -0.25) is 9.69 Å². The molecule has 26 heavy (non-hydrogen) atoms. The van der Waals surface area contributed by atoms with Crippen molar-refractivity contribution in [2.24, 2.45) is 4.36 Å². The van der Waals surface area contributed by atoms with Crippen molar-refractivity contribution in [1.82, 2.24) is 10.2 Å². The maximum atomic E-state index is 12.9. The van der Waals surface area contributed by atoms with Gasteiger partial charge < -0.3 is 5.32 Å². The molecule has 0 radical (unpaired) electrons. The van der Waals surface area contributed by atoms with Gasteiger partial charge in [-0.25, -0.2) is 0 Å². The molecule has 1 atom stereocenters.